The Labute approximate surface area is 126 Å². The van der Waals surface area contributed by atoms with Gasteiger partial charge in [-0.1, -0.05) is 28.1 Å². The Morgan fingerprint density at radius 2 is 2.30 bits per heavy atom. The quantitative estimate of drug-likeness (QED) is 0.930. The summed E-state index contributed by atoms with van der Waals surface area (Å²) < 4.78 is 12.2. The molecule has 5 heteroatoms. The zero-order chi connectivity index (χ0) is 14.0. The summed E-state index contributed by atoms with van der Waals surface area (Å²) in [5.41, 5.74) is -0.240. The van der Waals surface area contributed by atoms with E-state index in [4.69, 9.17) is 9.47 Å². The fourth-order valence-electron chi connectivity index (χ4n) is 2.52. The number of ether oxygens (including phenoxy) is 2. The molecule has 0 spiro atoms. The molecule has 2 aromatic rings. The molecule has 0 aliphatic carbocycles. The zero-order valence-electron chi connectivity index (χ0n) is 11.4. The van der Waals surface area contributed by atoms with Gasteiger partial charge in [0.1, 0.15) is 11.4 Å². The number of hydrogen-bond donors (Lipinski definition) is 1. The Bertz CT molecular complexity index is 612. The number of methoxy groups -OCH3 is 1. The molecule has 0 amide bonds. The van der Waals surface area contributed by atoms with Crippen LogP contribution in [-0.2, 0) is 9.47 Å². The van der Waals surface area contributed by atoms with Crippen LogP contribution in [0, 0.1) is 0 Å². The lowest BCUT2D eigenvalue weighted by Gasteiger charge is -2.26. The van der Waals surface area contributed by atoms with E-state index in [0.29, 0.717) is 13.2 Å². The number of halogens is 1. The summed E-state index contributed by atoms with van der Waals surface area (Å²) in [5.74, 6) is 0.882. The molecule has 1 N–H and O–H groups in total. The molecule has 1 aromatic heterocycles. The number of hydrogen-bond acceptors (Lipinski definition) is 4. The highest BCUT2D eigenvalue weighted by molar-refractivity contribution is 9.10. The minimum Gasteiger partial charge on any atom is -0.378 e. The summed E-state index contributed by atoms with van der Waals surface area (Å²) in [5, 5.41) is 5.67. The van der Waals surface area contributed by atoms with E-state index in [1.165, 1.54) is 0 Å². The normalized spacial score (nSPS) is 22.3. The van der Waals surface area contributed by atoms with Gasteiger partial charge in [0.2, 0.25) is 0 Å². The summed E-state index contributed by atoms with van der Waals surface area (Å²) in [6.45, 7) is 2.08. The van der Waals surface area contributed by atoms with Crippen molar-refractivity contribution in [3.05, 3.63) is 34.9 Å². The minimum absolute atomic E-state index is 0.240. The second-order valence-corrected chi connectivity index (χ2v) is 5.89. The topological polar surface area (TPSA) is 43.4 Å². The molecule has 3 rings (SSSR count). The number of rotatable bonds is 4. The molecule has 106 valence electrons. The van der Waals surface area contributed by atoms with E-state index in [1.54, 1.807) is 7.11 Å². The molecular weight excluding hydrogens is 320 g/mol. The molecule has 4 nitrogen and oxygen atoms in total. The Morgan fingerprint density at radius 3 is 3.05 bits per heavy atom. The third kappa shape index (κ3) is 2.53. The maximum atomic E-state index is 5.63. The van der Waals surface area contributed by atoms with Gasteiger partial charge in [-0.25, -0.2) is 4.98 Å². The summed E-state index contributed by atoms with van der Waals surface area (Å²) >= 11 is 3.57. The monoisotopic (exact) mass is 336 g/mol. The largest absolute Gasteiger partial charge is 0.378 e. The van der Waals surface area contributed by atoms with Crippen LogP contribution in [0.15, 0.2) is 34.9 Å². The molecule has 1 saturated heterocycles. The highest BCUT2D eigenvalue weighted by Gasteiger charge is 2.34. The summed E-state index contributed by atoms with van der Waals surface area (Å²) in [7, 11) is 1.74. The van der Waals surface area contributed by atoms with Gasteiger partial charge in [-0.2, -0.15) is 0 Å². The van der Waals surface area contributed by atoms with Gasteiger partial charge in [0.05, 0.1) is 6.61 Å². The smallest absolute Gasteiger partial charge is 0.133 e. The minimum atomic E-state index is -0.240. The lowest BCUT2D eigenvalue weighted by atomic mass is 10.0. The van der Waals surface area contributed by atoms with Crippen molar-refractivity contribution >= 4 is 32.5 Å². The molecule has 1 unspecified atom stereocenters. The van der Waals surface area contributed by atoms with Gasteiger partial charge in [0.15, 0.2) is 0 Å². The van der Waals surface area contributed by atoms with Crippen LogP contribution < -0.4 is 5.32 Å². The van der Waals surface area contributed by atoms with Crippen LogP contribution in [0.2, 0.25) is 0 Å². The molecule has 0 bridgehead atoms. The first-order valence-corrected chi connectivity index (χ1v) is 7.43. The van der Waals surface area contributed by atoms with E-state index in [9.17, 15) is 0 Å². The number of pyridine rings is 1. The first-order valence-electron chi connectivity index (χ1n) is 6.64. The van der Waals surface area contributed by atoms with Crippen molar-refractivity contribution in [3.8, 4) is 0 Å². The van der Waals surface area contributed by atoms with E-state index in [1.807, 2.05) is 24.4 Å². The number of anilines is 1. The second-order valence-electron chi connectivity index (χ2n) is 5.04. The van der Waals surface area contributed by atoms with Crippen molar-refractivity contribution in [2.75, 3.05) is 32.2 Å². The number of fused-ring (bicyclic) bond motifs is 1. The summed E-state index contributed by atoms with van der Waals surface area (Å²) in [6, 6.07) is 8.13. The number of benzene rings is 1. The standard InChI is InChI=1S/C15H17BrN2O2/c1-19-15(6-8-20-10-15)9-18-14-12-3-2-4-13(16)11(12)5-7-17-14/h2-5,7H,6,8-10H2,1H3,(H,17,18). The molecule has 0 saturated carbocycles. The molecule has 1 aliphatic rings. The van der Waals surface area contributed by atoms with E-state index < -0.39 is 0 Å². The van der Waals surface area contributed by atoms with Crippen LogP contribution >= 0.6 is 15.9 Å². The Morgan fingerprint density at radius 1 is 1.40 bits per heavy atom. The lowest BCUT2D eigenvalue weighted by molar-refractivity contribution is -0.00623. The van der Waals surface area contributed by atoms with Crippen LogP contribution in [0.5, 0.6) is 0 Å². The van der Waals surface area contributed by atoms with E-state index in [2.05, 4.69) is 32.3 Å². The zero-order valence-corrected chi connectivity index (χ0v) is 12.9. The Kier molecular flexibility index (Phi) is 3.92. The van der Waals surface area contributed by atoms with Crippen LogP contribution in [0.4, 0.5) is 5.82 Å². The fraction of sp³-hybridized carbons (Fsp3) is 0.400. The second kappa shape index (κ2) is 5.68. The SMILES string of the molecule is COC1(CNc2nccc3c(Br)cccc23)CCOC1. The average molecular weight is 337 g/mol. The van der Waals surface area contributed by atoms with Crippen molar-refractivity contribution in [1.82, 2.24) is 4.98 Å². The van der Waals surface area contributed by atoms with Gasteiger partial charge in [0.25, 0.3) is 0 Å². The molecule has 1 fully saturated rings. The Hall–Kier alpha value is -1.17. The molecular formula is C15H17BrN2O2. The first kappa shape index (κ1) is 13.8. The third-order valence-electron chi connectivity index (χ3n) is 3.83. The van der Waals surface area contributed by atoms with Crippen LogP contribution in [0.25, 0.3) is 10.8 Å². The Balaban J connectivity index is 1.86. The number of nitrogens with zero attached hydrogens (tertiary/aromatic N) is 1. The third-order valence-corrected chi connectivity index (χ3v) is 4.52. The van der Waals surface area contributed by atoms with Crippen LogP contribution in [-0.4, -0.2) is 37.5 Å². The molecule has 2 heterocycles. The first-order chi connectivity index (χ1) is 9.74. The van der Waals surface area contributed by atoms with Crippen molar-refractivity contribution < 1.29 is 9.47 Å². The van der Waals surface area contributed by atoms with Gasteiger partial charge in [-0.3, -0.25) is 0 Å². The van der Waals surface area contributed by atoms with Crippen molar-refractivity contribution in [2.24, 2.45) is 0 Å². The number of nitrogens with one attached hydrogen (secondary N) is 1. The summed E-state index contributed by atoms with van der Waals surface area (Å²) in [6.07, 6.45) is 2.73. The van der Waals surface area contributed by atoms with Gasteiger partial charge < -0.3 is 14.8 Å². The van der Waals surface area contributed by atoms with Crippen molar-refractivity contribution in [3.63, 3.8) is 0 Å². The van der Waals surface area contributed by atoms with E-state index in [-0.39, 0.29) is 5.60 Å². The highest BCUT2D eigenvalue weighted by atomic mass is 79.9. The average Bonchev–Trinajstić information content (AvgIpc) is 2.95. The lowest BCUT2D eigenvalue weighted by Crippen LogP contribution is -2.39. The van der Waals surface area contributed by atoms with Crippen LogP contribution in [0.3, 0.4) is 0 Å². The molecule has 20 heavy (non-hydrogen) atoms. The van der Waals surface area contributed by atoms with Gasteiger partial charge in [-0.15, -0.1) is 0 Å². The van der Waals surface area contributed by atoms with E-state index in [0.717, 1.165) is 34.1 Å². The summed E-state index contributed by atoms with van der Waals surface area (Å²) in [4.78, 5) is 4.45. The highest BCUT2D eigenvalue weighted by Crippen LogP contribution is 2.29. The maximum absolute atomic E-state index is 5.63. The molecule has 1 aromatic carbocycles. The van der Waals surface area contributed by atoms with Gasteiger partial charge in [0, 0.05) is 48.1 Å². The van der Waals surface area contributed by atoms with Gasteiger partial charge in [-0.05, 0) is 12.1 Å². The maximum Gasteiger partial charge on any atom is 0.133 e. The predicted octanol–water partition coefficient (Wildman–Crippen LogP) is 3.21. The van der Waals surface area contributed by atoms with Crippen molar-refractivity contribution in [2.45, 2.75) is 12.0 Å². The van der Waals surface area contributed by atoms with E-state index >= 15 is 0 Å². The fourth-order valence-corrected chi connectivity index (χ4v) is 3.01. The molecule has 1 atom stereocenters. The predicted molar refractivity (Wildman–Crippen MR) is 83.1 cm³/mol. The number of aromatic nitrogens is 1. The molecule has 0 radical (unpaired) electrons. The van der Waals surface area contributed by atoms with Crippen LogP contribution in [0.1, 0.15) is 6.42 Å². The van der Waals surface area contributed by atoms with Crippen molar-refractivity contribution in [1.29, 1.82) is 0 Å². The molecule has 1 aliphatic heterocycles. The van der Waals surface area contributed by atoms with Gasteiger partial charge >= 0.3 is 0 Å².